The Morgan fingerprint density at radius 2 is 1.81 bits per heavy atom. The topological polar surface area (TPSA) is 81.8 Å². The third-order valence-electron chi connectivity index (χ3n) is 4.24. The van der Waals surface area contributed by atoms with Crippen LogP contribution >= 0.6 is 15.9 Å². The molecule has 0 saturated carbocycles. The maximum Gasteiger partial charge on any atom is 0.283 e. The molecule has 1 amide bonds. The zero-order valence-corrected chi connectivity index (χ0v) is 15.7. The number of aliphatic hydroxyl groups excluding tert-OH is 1. The predicted octanol–water partition coefficient (Wildman–Crippen LogP) is 3.36. The van der Waals surface area contributed by atoms with Crippen LogP contribution in [0.2, 0.25) is 0 Å². The third kappa shape index (κ3) is 4.72. The molecule has 0 fully saturated rings. The Morgan fingerprint density at radius 1 is 1.15 bits per heavy atom. The summed E-state index contributed by atoms with van der Waals surface area (Å²) in [5, 5.41) is 9.09. The van der Waals surface area contributed by atoms with E-state index in [1.165, 1.54) is 0 Å². The highest BCUT2D eigenvalue weighted by Gasteiger charge is 2.27. The number of nitrogens with two attached hydrogens (primary N) is 1. The van der Waals surface area contributed by atoms with E-state index in [9.17, 15) is 4.79 Å². The second kappa shape index (κ2) is 8.49. The highest BCUT2D eigenvalue weighted by molar-refractivity contribution is 9.10. The van der Waals surface area contributed by atoms with Crippen molar-refractivity contribution in [1.29, 1.82) is 0 Å². The molecule has 6 heteroatoms. The first-order chi connectivity index (χ1) is 12.5. The summed E-state index contributed by atoms with van der Waals surface area (Å²) in [5.41, 5.74) is 8.28. The van der Waals surface area contributed by atoms with Gasteiger partial charge in [-0.2, -0.15) is 0 Å². The molecule has 0 bridgehead atoms. The van der Waals surface area contributed by atoms with Crippen LogP contribution in [-0.4, -0.2) is 17.3 Å². The van der Waals surface area contributed by atoms with Crippen LogP contribution in [0.15, 0.2) is 64.8 Å². The zero-order chi connectivity index (χ0) is 18.5. The van der Waals surface area contributed by atoms with E-state index in [1.54, 1.807) is 6.08 Å². The Balaban J connectivity index is 1.70. The number of carbonyl (C=O) groups excluding carboxylic acids is 1. The molecular weight excluding hydrogens is 398 g/mol. The van der Waals surface area contributed by atoms with E-state index in [0.29, 0.717) is 13.0 Å². The third-order valence-corrected chi connectivity index (χ3v) is 4.77. The van der Waals surface area contributed by atoms with E-state index in [4.69, 9.17) is 20.3 Å². The van der Waals surface area contributed by atoms with Crippen molar-refractivity contribution in [3.8, 4) is 0 Å². The van der Waals surface area contributed by atoms with Gasteiger partial charge in [-0.1, -0.05) is 52.3 Å². The highest BCUT2D eigenvalue weighted by atomic mass is 79.9. The lowest BCUT2D eigenvalue weighted by Crippen LogP contribution is -2.29. The largest absolute Gasteiger partial charge is 0.459 e. The number of primary amides is 1. The van der Waals surface area contributed by atoms with Gasteiger partial charge >= 0.3 is 0 Å². The van der Waals surface area contributed by atoms with Crippen LogP contribution < -0.4 is 5.73 Å². The number of allylic oxidation sites excluding steroid dienone is 1. The van der Waals surface area contributed by atoms with Gasteiger partial charge in [0.15, 0.2) is 5.76 Å². The number of hydrogen-bond acceptors (Lipinski definition) is 4. The van der Waals surface area contributed by atoms with Crippen molar-refractivity contribution >= 4 is 21.8 Å². The second-order valence-electron chi connectivity index (χ2n) is 6.12. The average Bonchev–Trinajstić information content (AvgIpc) is 2.67. The van der Waals surface area contributed by atoms with E-state index < -0.39 is 12.2 Å². The van der Waals surface area contributed by atoms with Crippen molar-refractivity contribution in [3.05, 3.63) is 81.5 Å². The van der Waals surface area contributed by atoms with Crippen LogP contribution in [0.4, 0.5) is 0 Å². The van der Waals surface area contributed by atoms with Crippen molar-refractivity contribution in [2.45, 2.75) is 31.8 Å². The molecule has 1 aliphatic rings. The number of carbonyl (C=O) groups is 1. The van der Waals surface area contributed by atoms with E-state index in [1.807, 2.05) is 48.5 Å². The molecule has 2 aromatic carbocycles. The molecule has 0 aromatic heterocycles. The van der Waals surface area contributed by atoms with Crippen LogP contribution in [0.3, 0.4) is 0 Å². The summed E-state index contributed by atoms with van der Waals surface area (Å²) in [5.74, 6) is -0.487. The van der Waals surface area contributed by atoms with Crippen LogP contribution in [0.1, 0.15) is 29.0 Å². The second-order valence-corrected chi connectivity index (χ2v) is 7.04. The first-order valence-electron chi connectivity index (χ1n) is 8.29. The van der Waals surface area contributed by atoms with Gasteiger partial charge < -0.3 is 20.3 Å². The molecule has 3 N–H and O–H groups in total. The van der Waals surface area contributed by atoms with Crippen LogP contribution in [0.25, 0.3) is 0 Å². The van der Waals surface area contributed by atoms with Crippen LogP contribution in [0, 0.1) is 0 Å². The smallest absolute Gasteiger partial charge is 0.283 e. The van der Waals surface area contributed by atoms with Gasteiger partial charge in [-0.15, -0.1) is 0 Å². The van der Waals surface area contributed by atoms with E-state index in [2.05, 4.69) is 15.9 Å². The summed E-state index contributed by atoms with van der Waals surface area (Å²) < 4.78 is 12.5. The molecule has 1 aliphatic heterocycles. The molecular formula is C20H20BrNO4. The number of amides is 1. The van der Waals surface area contributed by atoms with E-state index in [-0.39, 0.29) is 18.3 Å². The summed E-state index contributed by atoms with van der Waals surface area (Å²) in [6, 6.07) is 15.4. The summed E-state index contributed by atoms with van der Waals surface area (Å²) in [6.45, 7) is 0.351. The molecule has 2 aromatic rings. The summed E-state index contributed by atoms with van der Waals surface area (Å²) >= 11 is 3.42. The first kappa shape index (κ1) is 18.6. The summed E-state index contributed by atoms with van der Waals surface area (Å²) in [6.07, 6.45) is 1.78. The monoisotopic (exact) mass is 417 g/mol. The molecule has 5 nitrogen and oxygen atoms in total. The Labute approximate surface area is 160 Å². The molecule has 0 unspecified atom stereocenters. The van der Waals surface area contributed by atoms with Crippen LogP contribution in [0.5, 0.6) is 0 Å². The Morgan fingerprint density at radius 3 is 2.42 bits per heavy atom. The molecule has 3 rings (SSSR count). The zero-order valence-electron chi connectivity index (χ0n) is 14.1. The summed E-state index contributed by atoms with van der Waals surface area (Å²) in [4.78, 5) is 11.6. The lowest BCUT2D eigenvalue weighted by atomic mass is 9.93. The average molecular weight is 418 g/mol. The lowest BCUT2D eigenvalue weighted by Gasteiger charge is -2.28. The number of benzene rings is 2. The van der Waals surface area contributed by atoms with Crippen LogP contribution in [-0.2, 0) is 27.5 Å². The van der Waals surface area contributed by atoms with Crippen molar-refractivity contribution < 1.29 is 19.4 Å². The Hall–Kier alpha value is -2.15. The van der Waals surface area contributed by atoms with Crippen molar-refractivity contribution in [2.24, 2.45) is 5.73 Å². The van der Waals surface area contributed by atoms with Crippen molar-refractivity contribution in [1.82, 2.24) is 0 Å². The Bertz CT molecular complexity index is 786. The minimum Gasteiger partial charge on any atom is -0.459 e. The fourth-order valence-corrected chi connectivity index (χ4v) is 3.07. The fourth-order valence-electron chi connectivity index (χ4n) is 2.80. The molecule has 0 aliphatic carbocycles. The van der Waals surface area contributed by atoms with Gasteiger partial charge in [0.05, 0.1) is 13.2 Å². The number of halogens is 1. The van der Waals surface area contributed by atoms with Gasteiger partial charge in [-0.25, -0.2) is 0 Å². The standard InChI is InChI=1S/C20H20BrNO4/c21-17-7-5-15(6-8-17)16-9-18(20(22)24)26-19(10-16)25-12-14-3-1-13(11-23)2-4-14/h1-9,16,19,23H,10-12H2,(H2,22,24)/t16-,19+/m1/s1. The molecule has 0 saturated heterocycles. The quantitative estimate of drug-likeness (QED) is 0.754. The Kier molecular flexibility index (Phi) is 6.08. The number of ether oxygens (including phenoxy) is 2. The lowest BCUT2D eigenvalue weighted by molar-refractivity contribution is -0.148. The number of rotatable bonds is 6. The fraction of sp³-hybridized carbons (Fsp3) is 0.250. The summed E-state index contributed by atoms with van der Waals surface area (Å²) in [7, 11) is 0. The molecule has 2 atom stereocenters. The number of aliphatic hydroxyl groups is 1. The molecule has 26 heavy (non-hydrogen) atoms. The van der Waals surface area contributed by atoms with Crippen molar-refractivity contribution in [2.75, 3.05) is 0 Å². The minimum atomic E-state index is -0.604. The van der Waals surface area contributed by atoms with E-state index >= 15 is 0 Å². The predicted molar refractivity (Wildman–Crippen MR) is 101 cm³/mol. The van der Waals surface area contributed by atoms with Gasteiger partial charge in [0.2, 0.25) is 6.29 Å². The minimum absolute atomic E-state index is 0.00844. The molecule has 0 spiro atoms. The van der Waals surface area contributed by atoms with Gasteiger partial charge in [0, 0.05) is 16.8 Å². The van der Waals surface area contributed by atoms with Gasteiger partial charge in [0.25, 0.3) is 5.91 Å². The normalized spacial score (nSPS) is 19.5. The van der Waals surface area contributed by atoms with E-state index in [0.717, 1.165) is 21.2 Å². The molecule has 136 valence electrons. The van der Waals surface area contributed by atoms with Gasteiger partial charge in [0.1, 0.15) is 0 Å². The van der Waals surface area contributed by atoms with Crippen molar-refractivity contribution in [3.63, 3.8) is 0 Å². The molecule has 1 heterocycles. The first-order valence-corrected chi connectivity index (χ1v) is 9.08. The maximum atomic E-state index is 11.6. The van der Waals surface area contributed by atoms with Gasteiger partial charge in [-0.05, 0) is 34.9 Å². The highest BCUT2D eigenvalue weighted by Crippen LogP contribution is 2.32. The molecule has 0 radical (unpaired) electrons. The SMILES string of the molecule is NC(=O)C1=C[C@@H](c2ccc(Br)cc2)C[C@@H](OCc2ccc(CO)cc2)O1. The maximum absolute atomic E-state index is 11.6. The van der Waals surface area contributed by atoms with Gasteiger partial charge in [-0.3, -0.25) is 4.79 Å². The number of hydrogen-bond donors (Lipinski definition) is 2.